The summed E-state index contributed by atoms with van der Waals surface area (Å²) in [6.07, 6.45) is 7.03. The van der Waals surface area contributed by atoms with Crippen molar-refractivity contribution < 1.29 is 9.90 Å². The van der Waals surface area contributed by atoms with E-state index < -0.39 is 6.10 Å². The number of hydrogen-bond acceptors (Lipinski definition) is 4. The Bertz CT molecular complexity index is 388. The summed E-state index contributed by atoms with van der Waals surface area (Å²) in [6, 6.07) is 1.83. The predicted octanol–water partition coefficient (Wildman–Crippen LogP) is 0.236. The molecular formula is C14H24N4O2. The molecule has 2 heterocycles. The van der Waals surface area contributed by atoms with Crippen LogP contribution in [0.3, 0.4) is 0 Å². The van der Waals surface area contributed by atoms with Crippen molar-refractivity contribution in [3.63, 3.8) is 0 Å². The predicted molar refractivity (Wildman–Crippen MR) is 76.2 cm³/mol. The van der Waals surface area contributed by atoms with Gasteiger partial charge < -0.3 is 15.3 Å². The van der Waals surface area contributed by atoms with Crippen LogP contribution in [0, 0.1) is 0 Å². The zero-order valence-corrected chi connectivity index (χ0v) is 11.9. The highest BCUT2D eigenvalue weighted by Crippen LogP contribution is 2.09. The van der Waals surface area contributed by atoms with Gasteiger partial charge in [0.05, 0.1) is 12.6 Å². The molecule has 1 aromatic rings. The Labute approximate surface area is 119 Å². The van der Waals surface area contributed by atoms with Crippen molar-refractivity contribution in [1.82, 2.24) is 20.0 Å². The number of likely N-dealkylation sites (tertiary alicyclic amines) is 1. The van der Waals surface area contributed by atoms with Gasteiger partial charge in [0.25, 0.3) is 0 Å². The van der Waals surface area contributed by atoms with Gasteiger partial charge in [-0.25, -0.2) is 0 Å². The molecule has 0 saturated carbocycles. The number of piperidine rings is 1. The molecule has 6 nitrogen and oxygen atoms in total. The fraction of sp³-hybridized carbons (Fsp3) is 0.714. The molecule has 1 aliphatic rings. The van der Waals surface area contributed by atoms with Gasteiger partial charge in [-0.05, 0) is 25.3 Å². The number of nitrogens with one attached hydrogen (secondary N) is 1. The third kappa shape index (κ3) is 4.94. The Balaban J connectivity index is 1.55. The number of amides is 1. The second-order valence-corrected chi connectivity index (χ2v) is 5.28. The maximum atomic E-state index is 11.9. The van der Waals surface area contributed by atoms with Gasteiger partial charge in [-0.2, -0.15) is 5.10 Å². The van der Waals surface area contributed by atoms with Crippen LogP contribution in [0.4, 0.5) is 0 Å². The summed E-state index contributed by atoms with van der Waals surface area (Å²) in [5.41, 5.74) is 0. The van der Waals surface area contributed by atoms with Crippen LogP contribution in [0.5, 0.6) is 0 Å². The zero-order valence-electron chi connectivity index (χ0n) is 11.9. The molecule has 1 saturated heterocycles. The fourth-order valence-corrected chi connectivity index (χ4v) is 2.45. The smallest absolute Gasteiger partial charge is 0.223 e. The molecule has 0 bridgehead atoms. The first kappa shape index (κ1) is 15.0. The second-order valence-electron chi connectivity index (χ2n) is 5.28. The molecule has 1 aromatic heterocycles. The zero-order chi connectivity index (χ0) is 14.2. The lowest BCUT2D eigenvalue weighted by Crippen LogP contribution is -2.38. The van der Waals surface area contributed by atoms with Crippen LogP contribution in [-0.4, -0.2) is 58.0 Å². The molecular weight excluding hydrogens is 256 g/mol. The molecule has 6 heteroatoms. The van der Waals surface area contributed by atoms with Gasteiger partial charge in [-0.1, -0.05) is 0 Å². The lowest BCUT2D eigenvalue weighted by molar-refractivity contribution is -0.132. The van der Waals surface area contributed by atoms with Crippen molar-refractivity contribution in [2.45, 2.75) is 38.3 Å². The van der Waals surface area contributed by atoms with Crippen LogP contribution < -0.4 is 5.32 Å². The molecule has 0 spiro atoms. The number of hydrogen-bond donors (Lipinski definition) is 2. The Morgan fingerprint density at radius 2 is 2.15 bits per heavy atom. The molecule has 20 heavy (non-hydrogen) atoms. The number of aromatic nitrogens is 2. The van der Waals surface area contributed by atoms with E-state index >= 15 is 0 Å². The summed E-state index contributed by atoms with van der Waals surface area (Å²) >= 11 is 0. The maximum absolute atomic E-state index is 11.9. The average Bonchev–Trinajstić information content (AvgIpc) is 2.97. The van der Waals surface area contributed by atoms with Crippen LogP contribution >= 0.6 is 0 Å². The van der Waals surface area contributed by atoms with Crippen molar-refractivity contribution in [2.75, 3.05) is 26.2 Å². The van der Waals surface area contributed by atoms with Gasteiger partial charge in [-0.3, -0.25) is 9.48 Å². The van der Waals surface area contributed by atoms with Crippen molar-refractivity contribution in [2.24, 2.45) is 0 Å². The molecule has 1 fully saturated rings. The standard InChI is InChI=1S/C14H24N4O2/c19-13(12-18-10-4-6-16-18)11-15-7-5-14(20)17-8-2-1-3-9-17/h4,6,10,13,15,19H,1-3,5,7-9,11-12H2. The summed E-state index contributed by atoms with van der Waals surface area (Å²) in [5, 5.41) is 17.0. The highest BCUT2D eigenvalue weighted by Gasteiger charge is 2.15. The van der Waals surface area contributed by atoms with Crippen LogP contribution in [0.15, 0.2) is 18.5 Å². The third-order valence-electron chi connectivity index (χ3n) is 3.56. The Kier molecular flexibility index (Phi) is 6.01. The SMILES string of the molecule is O=C(CCNCC(O)Cn1cccn1)N1CCCCC1. The minimum atomic E-state index is -0.486. The molecule has 0 radical (unpaired) electrons. The number of carbonyl (C=O) groups excluding carboxylic acids is 1. The lowest BCUT2D eigenvalue weighted by Gasteiger charge is -2.26. The first-order valence-corrected chi connectivity index (χ1v) is 7.39. The van der Waals surface area contributed by atoms with Gasteiger partial charge in [0.15, 0.2) is 0 Å². The normalized spacial score (nSPS) is 17.1. The summed E-state index contributed by atoms with van der Waals surface area (Å²) in [5.74, 6) is 0.221. The summed E-state index contributed by atoms with van der Waals surface area (Å²) in [7, 11) is 0. The molecule has 1 aliphatic heterocycles. The molecule has 0 aromatic carbocycles. The Morgan fingerprint density at radius 3 is 2.85 bits per heavy atom. The van der Waals surface area contributed by atoms with Gasteiger partial charge in [0, 0.05) is 45.0 Å². The molecule has 1 atom stereocenters. The molecule has 1 amide bonds. The van der Waals surface area contributed by atoms with Gasteiger partial charge in [0.2, 0.25) is 5.91 Å². The first-order chi connectivity index (χ1) is 9.75. The van der Waals surface area contributed by atoms with Gasteiger partial charge >= 0.3 is 0 Å². The van der Waals surface area contributed by atoms with Crippen molar-refractivity contribution >= 4 is 5.91 Å². The van der Waals surface area contributed by atoms with E-state index in [-0.39, 0.29) is 5.91 Å². The largest absolute Gasteiger partial charge is 0.390 e. The molecule has 1 unspecified atom stereocenters. The lowest BCUT2D eigenvalue weighted by atomic mass is 10.1. The van der Waals surface area contributed by atoms with Crippen molar-refractivity contribution in [3.8, 4) is 0 Å². The van der Waals surface area contributed by atoms with E-state index in [0.717, 1.165) is 25.9 Å². The monoisotopic (exact) mass is 280 g/mol. The topological polar surface area (TPSA) is 70.4 Å². The van der Waals surface area contributed by atoms with E-state index in [2.05, 4.69) is 10.4 Å². The molecule has 0 aliphatic carbocycles. The highest BCUT2D eigenvalue weighted by molar-refractivity contribution is 5.76. The van der Waals surface area contributed by atoms with E-state index in [0.29, 0.717) is 26.1 Å². The number of nitrogens with zero attached hydrogens (tertiary/aromatic N) is 3. The van der Waals surface area contributed by atoms with Crippen molar-refractivity contribution in [1.29, 1.82) is 0 Å². The quantitative estimate of drug-likeness (QED) is 0.702. The molecule has 112 valence electrons. The minimum Gasteiger partial charge on any atom is -0.390 e. The molecule has 2 rings (SSSR count). The number of aliphatic hydroxyl groups excluding tert-OH is 1. The number of aliphatic hydroxyl groups is 1. The second kappa shape index (κ2) is 8.01. The van der Waals surface area contributed by atoms with Crippen LogP contribution in [0.1, 0.15) is 25.7 Å². The Morgan fingerprint density at radius 1 is 1.35 bits per heavy atom. The van der Waals surface area contributed by atoms with E-state index in [1.54, 1.807) is 10.9 Å². The number of carbonyl (C=O) groups is 1. The fourth-order valence-electron chi connectivity index (χ4n) is 2.45. The maximum Gasteiger partial charge on any atom is 0.223 e. The summed E-state index contributed by atoms with van der Waals surface area (Å²) in [6.45, 7) is 3.38. The van der Waals surface area contributed by atoms with Crippen LogP contribution in [0.25, 0.3) is 0 Å². The first-order valence-electron chi connectivity index (χ1n) is 7.39. The highest BCUT2D eigenvalue weighted by atomic mass is 16.3. The van der Waals surface area contributed by atoms with Gasteiger partial charge in [-0.15, -0.1) is 0 Å². The molecule has 2 N–H and O–H groups in total. The Hall–Kier alpha value is -1.40. The van der Waals surface area contributed by atoms with Crippen LogP contribution in [-0.2, 0) is 11.3 Å². The minimum absolute atomic E-state index is 0.221. The third-order valence-corrected chi connectivity index (χ3v) is 3.56. The summed E-state index contributed by atoms with van der Waals surface area (Å²) < 4.78 is 1.70. The van der Waals surface area contributed by atoms with Crippen LogP contribution in [0.2, 0.25) is 0 Å². The summed E-state index contributed by atoms with van der Waals surface area (Å²) in [4.78, 5) is 13.9. The van der Waals surface area contributed by atoms with Gasteiger partial charge in [0.1, 0.15) is 0 Å². The average molecular weight is 280 g/mol. The van der Waals surface area contributed by atoms with Crippen molar-refractivity contribution in [3.05, 3.63) is 18.5 Å². The van der Waals surface area contributed by atoms with E-state index in [9.17, 15) is 9.90 Å². The van der Waals surface area contributed by atoms with E-state index in [1.807, 2.05) is 17.2 Å². The number of rotatable bonds is 7. The van der Waals surface area contributed by atoms with E-state index in [4.69, 9.17) is 0 Å². The van der Waals surface area contributed by atoms with E-state index in [1.165, 1.54) is 6.42 Å².